The molecule has 0 aliphatic heterocycles. The number of aryl methyl sites for hydroxylation is 1. The lowest BCUT2D eigenvalue weighted by molar-refractivity contribution is -0.117. The molecule has 2 aromatic rings. The Bertz CT molecular complexity index is 692. The third kappa shape index (κ3) is 4.22. The number of hydrazine groups is 1. The fraction of sp³-hybridized carbons (Fsp3) is 0.0667. The van der Waals surface area contributed by atoms with E-state index in [0.29, 0.717) is 10.8 Å². The standard InChI is InChI=1S/C15H13ClN2O3/c1-10-6-7-11(21-10)8-9-14(19)17-18-15(20)12-4-2-3-5-13(12)16/h2-9H,1H3,(H,17,19)(H,18,20)/b9-8+. The van der Waals surface area contributed by atoms with Crippen LogP contribution in [0.2, 0.25) is 5.02 Å². The molecule has 2 rings (SSSR count). The van der Waals surface area contributed by atoms with Crippen molar-refractivity contribution in [3.63, 3.8) is 0 Å². The summed E-state index contributed by atoms with van der Waals surface area (Å²) >= 11 is 5.88. The second-order valence-electron chi connectivity index (χ2n) is 4.20. The van der Waals surface area contributed by atoms with Crippen LogP contribution >= 0.6 is 11.6 Å². The molecule has 5 nitrogen and oxygen atoms in total. The van der Waals surface area contributed by atoms with Gasteiger partial charge in [0.15, 0.2) is 0 Å². The number of rotatable bonds is 3. The summed E-state index contributed by atoms with van der Waals surface area (Å²) in [6, 6.07) is 10.1. The quantitative estimate of drug-likeness (QED) is 0.676. The van der Waals surface area contributed by atoms with Crippen molar-refractivity contribution < 1.29 is 14.0 Å². The molecule has 0 atom stereocenters. The van der Waals surface area contributed by atoms with Gasteiger partial charge in [-0.05, 0) is 37.3 Å². The Hall–Kier alpha value is -2.53. The number of hydrogen-bond acceptors (Lipinski definition) is 3. The number of hydrogen-bond donors (Lipinski definition) is 2. The van der Waals surface area contributed by atoms with Crippen LogP contribution in [0.3, 0.4) is 0 Å². The molecular formula is C15H13ClN2O3. The van der Waals surface area contributed by atoms with Crippen molar-refractivity contribution in [2.45, 2.75) is 6.92 Å². The molecule has 0 aliphatic rings. The lowest BCUT2D eigenvalue weighted by Gasteiger charge is -2.06. The van der Waals surface area contributed by atoms with E-state index in [4.69, 9.17) is 16.0 Å². The normalized spacial score (nSPS) is 10.6. The van der Waals surface area contributed by atoms with Crippen molar-refractivity contribution in [2.75, 3.05) is 0 Å². The molecule has 2 amide bonds. The summed E-state index contributed by atoms with van der Waals surface area (Å²) in [6.07, 6.45) is 2.76. The van der Waals surface area contributed by atoms with Crippen molar-refractivity contribution in [3.8, 4) is 0 Å². The van der Waals surface area contributed by atoms with Gasteiger partial charge in [-0.25, -0.2) is 0 Å². The lowest BCUT2D eigenvalue weighted by Crippen LogP contribution is -2.40. The summed E-state index contributed by atoms with van der Waals surface area (Å²) in [4.78, 5) is 23.4. The highest BCUT2D eigenvalue weighted by Gasteiger charge is 2.09. The van der Waals surface area contributed by atoms with Gasteiger partial charge in [0.25, 0.3) is 11.8 Å². The molecule has 0 spiro atoms. The predicted molar refractivity (Wildman–Crippen MR) is 79.5 cm³/mol. The van der Waals surface area contributed by atoms with Crippen LogP contribution in [0.4, 0.5) is 0 Å². The molecule has 6 heteroatoms. The van der Waals surface area contributed by atoms with Gasteiger partial charge in [-0.15, -0.1) is 0 Å². The molecule has 0 fully saturated rings. The molecule has 0 radical (unpaired) electrons. The first-order chi connectivity index (χ1) is 10.1. The van der Waals surface area contributed by atoms with Gasteiger partial charge >= 0.3 is 0 Å². The van der Waals surface area contributed by atoms with E-state index < -0.39 is 11.8 Å². The first kappa shape index (κ1) is 14.9. The Morgan fingerprint density at radius 3 is 2.57 bits per heavy atom. The molecule has 0 aliphatic carbocycles. The van der Waals surface area contributed by atoms with Crippen LogP contribution in [0.25, 0.3) is 6.08 Å². The average molecular weight is 305 g/mol. The molecule has 0 saturated heterocycles. The number of carbonyl (C=O) groups is 2. The molecular weight excluding hydrogens is 292 g/mol. The van der Waals surface area contributed by atoms with Crippen molar-refractivity contribution >= 4 is 29.5 Å². The molecule has 1 heterocycles. The third-order valence-corrected chi connectivity index (χ3v) is 2.91. The molecule has 0 unspecified atom stereocenters. The first-order valence-electron chi connectivity index (χ1n) is 6.15. The Balaban J connectivity index is 1.88. The fourth-order valence-electron chi connectivity index (χ4n) is 1.57. The van der Waals surface area contributed by atoms with Crippen LogP contribution in [0, 0.1) is 6.92 Å². The van der Waals surface area contributed by atoms with E-state index in [2.05, 4.69) is 10.9 Å². The summed E-state index contributed by atoms with van der Waals surface area (Å²) in [7, 11) is 0. The molecule has 108 valence electrons. The predicted octanol–water partition coefficient (Wildman–Crippen LogP) is 2.72. The lowest BCUT2D eigenvalue weighted by atomic mass is 10.2. The van der Waals surface area contributed by atoms with Crippen LogP contribution in [0.5, 0.6) is 0 Å². The number of carbonyl (C=O) groups excluding carboxylic acids is 2. The van der Waals surface area contributed by atoms with E-state index >= 15 is 0 Å². The Morgan fingerprint density at radius 1 is 1.14 bits per heavy atom. The summed E-state index contributed by atoms with van der Waals surface area (Å²) < 4.78 is 5.27. The van der Waals surface area contributed by atoms with E-state index in [0.717, 1.165) is 5.76 Å². The largest absolute Gasteiger partial charge is 0.462 e. The van der Waals surface area contributed by atoms with Crippen LogP contribution in [-0.4, -0.2) is 11.8 Å². The fourth-order valence-corrected chi connectivity index (χ4v) is 1.80. The van der Waals surface area contributed by atoms with Gasteiger partial charge in [0.1, 0.15) is 11.5 Å². The zero-order chi connectivity index (χ0) is 15.2. The van der Waals surface area contributed by atoms with Gasteiger partial charge in [-0.1, -0.05) is 23.7 Å². The smallest absolute Gasteiger partial charge is 0.271 e. The second kappa shape index (κ2) is 6.76. The first-order valence-corrected chi connectivity index (χ1v) is 6.53. The Kier molecular flexibility index (Phi) is 4.79. The number of benzene rings is 1. The summed E-state index contributed by atoms with van der Waals surface area (Å²) in [5.41, 5.74) is 4.82. The van der Waals surface area contributed by atoms with E-state index in [-0.39, 0.29) is 5.56 Å². The highest BCUT2D eigenvalue weighted by Crippen LogP contribution is 2.14. The molecule has 2 N–H and O–H groups in total. The molecule has 0 saturated carbocycles. The summed E-state index contributed by atoms with van der Waals surface area (Å²) in [5.74, 6) is 0.336. The maximum absolute atomic E-state index is 11.8. The van der Waals surface area contributed by atoms with Gasteiger partial charge in [-0.2, -0.15) is 0 Å². The second-order valence-corrected chi connectivity index (χ2v) is 4.61. The van der Waals surface area contributed by atoms with Gasteiger partial charge in [0, 0.05) is 6.08 Å². The minimum atomic E-state index is -0.490. The van der Waals surface area contributed by atoms with E-state index in [9.17, 15) is 9.59 Å². The molecule has 1 aromatic heterocycles. The maximum atomic E-state index is 11.8. The van der Waals surface area contributed by atoms with Crippen LogP contribution in [0.1, 0.15) is 21.9 Å². The zero-order valence-electron chi connectivity index (χ0n) is 11.2. The van der Waals surface area contributed by atoms with Gasteiger partial charge in [0.2, 0.25) is 0 Å². The number of halogens is 1. The molecule has 1 aromatic carbocycles. The Morgan fingerprint density at radius 2 is 1.90 bits per heavy atom. The molecule has 0 bridgehead atoms. The highest BCUT2D eigenvalue weighted by molar-refractivity contribution is 6.33. The summed E-state index contributed by atoms with van der Waals surface area (Å²) in [6.45, 7) is 1.81. The topological polar surface area (TPSA) is 71.3 Å². The number of amides is 2. The minimum Gasteiger partial charge on any atom is -0.462 e. The van der Waals surface area contributed by atoms with E-state index in [1.165, 1.54) is 12.2 Å². The SMILES string of the molecule is Cc1ccc(/C=C/C(=O)NNC(=O)c2ccccc2Cl)o1. The maximum Gasteiger partial charge on any atom is 0.271 e. The van der Waals surface area contributed by atoms with Crippen molar-refractivity contribution in [1.82, 2.24) is 10.9 Å². The Labute approximate surface area is 126 Å². The number of nitrogens with one attached hydrogen (secondary N) is 2. The minimum absolute atomic E-state index is 0.283. The van der Waals surface area contributed by atoms with Crippen LogP contribution in [0.15, 0.2) is 46.9 Å². The zero-order valence-corrected chi connectivity index (χ0v) is 12.0. The van der Waals surface area contributed by atoms with Gasteiger partial charge in [-0.3, -0.25) is 20.4 Å². The average Bonchev–Trinajstić information content (AvgIpc) is 2.89. The van der Waals surface area contributed by atoms with E-state index in [1.807, 2.05) is 0 Å². The van der Waals surface area contributed by atoms with Crippen molar-refractivity contribution in [3.05, 3.63) is 64.6 Å². The van der Waals surface area contributed by atoms with Crippen molar-refractivity contribution in [2.24, 2.45) is 0 Å². The number of furan rings is 1. The van der Waals surface area contributed by atoms with Crippen LogP contribution in [-0.2, 0) is 4.79 Å². The highest BCUT2D eigenvalue weighted by atomic mass is 35.5. The van der Waals surface area contributed by atoms with Gasteiger partial charge in [0.05, 0.1) is 10.6 Å². The van der Waals surface area contributed by atoms with Gasteiger partial charge < -0.3 is 4.42 Å². The van der Waals surface area contributed by atoms with Crippen LogP contribution < -0.4 is 10.9 Å². The third-order valence-electron chi connectivity index (χ3n) is 2.58. The molecule has 21 heavy (non-hydrogen) atoms. The monoisotopic (exact) mass is 304 g/mol. The van der Waals surface area contributed by atoms with E-state index in [1.54, 1.807) is 43.3 Å². The summed E-state index contributed by atoms with van der Waals surface area (Å²) in [5, 5.41) is 0.311. The van der Waals surface area contributed by atoms with Crippen molar-refractivity contribution in [1.29, 1.82) is 0 Å².